The highest BCUT2D eigenvalue weighted by atomic mass is 32.2. The Morgan fingerprint density at radius 2 is 1.79 bits per heavy atom. The number of nitrogens with zero attached hydrogens (tertiary/aromatic N) is 2. The number of hydrogen-bond donors (Lipinski definition) is 3. The van der Waals surface area contributed by atoms with Crippen molar-refractivity contribution < 1.29 is 22.4 Å². The molecule has 0 atom stereocenters. The number of halogens is 1. The number of carbonyl (C=O) groups is 2. The molecule has 9 nitrogen and oxygen atoms in total. The van der Waals surface area contributed by atoms with Crippen LogP contribution in [0.15, 0.2) is 17.0 Å². The fourth-order valence-corrected chi connectivity index (χ4v) is 9.81. The molecule has 3 aliphatic rings. The van der Waals surface area contributed by atoms with Gasteiger partial charge in [-0.1, -0.05) is 27.7 Å². The van der Waals surface area contributed by atoms with Gasteiger partial charge in [-0.15, -0.1) is 0 Å². The van der Waals surface area contributed by atoms with Crippen LogP contribution in [0.2, 0.25) is 0 Å². The smallest absolute Gasteiger partial charge is 0.253 e. The van der Waals surface area contributed by atoms with Gasteiger partial charge >= 0.3 is 0 Å². The first-order chi connectivity index (χ1) is 20.3. The number of nitrogens with two attached hydrogens (primary N) is 1. The third-order valence-corrected chi connectivity index (χ3v) is 11.7. The normalized spacial score (nSPS) is 22.2. The Hall–Kier alpha value is -2.92. The van der Waals surface area contributed by atoms with Crippen molar-refractivity contribution >= 4 is 27.3 Å². The number of anilines is 1. The van der Waals surface area contributed by atoms with Crippen LogP contribution < -0.4 is 16.4 Å². The largest absolute Gasteiger partial charge is 0.382 e. The van der Waals surface area contributed by atoms with E-state index in [2.05, 4.69) is 29.4 Å². The topological polar surface area (TPSA) is 127 Å². The molecule has 0 bridgehead atoms. The highest BCUT2D eigenvalue weighted by Crippen LogP contribution is 2.45. The van der Waals surface area contributed by atoms with E-state index in [0.29, 0.717) is 73.5 Å². The molecular weight excluding hydrogens is 569 g/mol. The van der Waals surface area contributed by atoms with E-state index in [1.54, 1.807) is 6.07 Å². The van der Waals surface area contributed by atoms with E-state index in [4.69, 9.17) is 5.73 Å². The van der Waals surface area contributed by atoms with E-state index in [1.807, 2.05) is 18.4 Å². The zero-order valence-electron chi connectivity index (χ0n) is 25.9. The number of nitrogens with one attached hydrogen (secondary N) is 2. The van der Waals surface area contributed by atoms with Crippen LogP contribution in [0, 0.1) is 17.2 Å². The monoisotopic (exact) mass is 615 g/mol. The molecule has 2 aliphatic carbocycles. The molecular formula is C32H46FN5O4S. The quantitative estimate of drug-likeness (QED) is 0.371. The van der Waals surface area contributed by atoms with Gasteiger partial charge in [0.25, 0.3) is 5.91 Å². The molecule has 2 heterocycles. The second kappa shape index (κ2) is 12.2. The van der Waals surface area contributed by atoms with Gasteiger partial charge in [0.1, 0.15) is 5.82 Å². The lowest BCUT2D eigenvalue weighted by Crippen LogP contribution is -2.40. The highest BCUT2D eigenvalue weighted by Gasteiger charge is 2.42. The fraction of sp³-hybridized carbons (Fsp3) is 0.625. The van der Waals surface area contributed by atoms with Gasteiger partial charge in [-0.2, -0.15) is 0 Å². The average Bonchev–Trinajstić information content (AvgIpc) is 3.50. The van der Waals surface area contributed by atoms with Gasteiger partial charge in [0, 0.05) is 36.4 Å². The van der Waals surface area contributed by atoms with Crippen LogP contribution >= 0.6 is 0 Å². The highest BCUT2D eigenvalue weighted by molar-refractivity contribution is 7.91. The van der Waals surface area contributed by atoms with Crippen molar-refractivity contribution in [1.82, 2.24) is 14.8 Å². The zero-order chi connectivity index (χ0) is 31.1. The summed E-state index contributed by atoms with van der Waals surface area (Å²) in [5, 5.41) is 6.45. The van der Waals surface area contributed by atoms with Gasteiger partial charge in [-0.05, 0) is 87.6 Å². The summed E-state index contributed by atoms with van der Waals surface area (Å²) in [4.78, 5) is 27.9. The molecule has 2 aromatic rings. The van der Waals surface area contributed by atoms with E-state index >= 15 is 4.39 Å². The van der Waals surface area contributed by atoms with E-state index in [1.165, 1.54) is 6.07 Å². The SMILES string of the molecule is CCN(CC)CCNC(=O)[C@H]1CC[C@H](Nc2cc(-n3c4c(c5c3CC(C)(C)CS5(=O)=O)CCC4)cc(F)c2C(N)=O)CC1. The molecule has 1 aliphatic heterocycles. The number of hydrogen-bond acceptors (Lipinski definition) is 6. The minimum absolute atomic E-state index is 0.0592. The lowest BCUT2D eigenvalue weighted by Gasteiger charge is -2.31. The summed E-state index contributed by atoms with van der Waals surface area (Å²) in [6.45, 7) is 11.4. The number of rotatable bonds is 10. The number of primary amides is 1. The third kappa shape index (κ3) is 6.34. The Balaban J connectivity index is 1.39. The molecule has 0 radical (unpaired) electrons. The number of aromatic nitrogens is 1. The average molecular weight is 616 g/mol. The molecule has 1 aromatic carbocycles. The van der Waals surface area contributed by atoms with Gasteiger partial charge in [0.15, 0.2) is 9.84 Å². The summed E-state index contributed by atoms with van der Waals surface area (Å²) in [7, 11) is -3.49. The number of fused-ring (bicyclic) bond motifs is 3. The summed E-state index contributed by atoms with van der Waals surface area (Å²) in [6, 6.07) is 2.98. The predicted octanol–water partition coefficient (Wildman–Crippen LogP) is 3.99. The van der Waals surface area contributed by atoms with E-state index < -0.39 is 27.0 Å². The van der Waals surface area contributed by atoms with Crippen LogP contribution in [0.25, 0.3) is 5.69 Å². The molecule has 43 heavy (non-hydrogen) atoms. The van der Waals surface area contributed by atoms with Gasteiger partial charge < -0.3 is 25.8 Å². The first kappa shape index (κ1) is 31.5. The lowest BCUT2D eigenvalue weighted by molar-refractivity contribution is -0.126. The van der Waals surface area contributed by atoms with E-state index in [0.717, 1.165) is 37.3 Å². The minimum atomic E-state index is -3.49. The molecule has 236 valence electrons. The Morgan fingerprint density at radius 1 is 1.09 bits per heavy atom. The first-order valence-electron chi connectivity index (χ1n) is 15.7. The number of sulfone groups is 1. The van der Waals surface area contributed by atoms with Crippen molar-refractivity contribution in [1.29, 1.82) is 0 Å². The van der Waals surface area contributed by atoms with Crippen LogP contribution in [0.5, 0.6) is 0 Å². The van der Waals surface area contributed by atoms with Crippen molar-refractivity contribution in [2.24, 2.45) is 17.1 Å². The Labute approximate surface area is 254 Å². The standard InChI is InChI=1S/C32H46FN5O4S/c1-5-37(6-2)15-14-35-31(40)20-10-12-21(13-11-20)36-25-17-22(16-24(33)28(25)30(34)39)38-26-9-7-8-23(26)29-27(38)18-32(3,4)19-43(29,41)42/h16-17,20-21,36H,5-15,18-19H2,1-4H3,(H2,34,39)(H,35,40)/t20-,21-. The molecule has 2 amide bonds. The molecule has 0 saturated heterocycles. The van der Waals surface area contributed by atoms with Crippen LogP contribution in [-0.2, 0) is 33.9 Å². The molecule has 1 fully saturated rings. The number of likely N-dealkylation sites (N-methyl/N-ethyl adjacent to an activating group) is 1. The molecule has 0 unspecified atom stereocenters. The maximum absolute atomic E-state index is 15.7. The summed E-state index contributed by atoms with van der Waals surface area (Å²) in [5.41, 5.74) is 8.26. The molecule has 1 saturated carbocycles. The lowest BCUT2D eigenvalue weighted by atomic mass is 9.85. The maximum atomic E-state index is 15.7. The Bertz CT molecular complexity index is 1500. The van der Waals surface area contributed by atoms with E-state index in [-0.39, 0.29) is 29.2 Å². The Morgan fingerprint density at radius 3 is 2.44 bits per heavy atom. The summed E-state index contributed by atoms with van der Waals surface area (Å²) in [6.07, 6.45) is 5.55. The second-order valence-electron chi connectivity index (χ2n) is 13.2. The number of benzene rings is 1. The van der Waals surface area contributed by atoms with Crippen LogP contribution in [0.4, 0.5) is 10.1 Å². The summed E-state index contributed by atoms with van der Waals surface area (Å²) in [5.74, 6) is -1.52. The molecule has 4 N–H and O–H groups in total. The maximum Gasteiger partial charge on any atom is 0.253 e. The molecule has 5 rings (SSSR count). The number of carbonyl (C=O) groups excluding carboxylic acids is 2. The van der Waals surface area contributed by atoms with E-state index in [9.17, 15) is 18.0 Å². The van der Waals surface area contributed by atoms with Crippen molar-refractivity contribution in [3.05, 3.63) is 40.5 Å². The van der Waals surface area contributed by atoms with Gasteiger partial charge in [0.2, 0.25) is 5.91 Å². The predicted molar refractivity (Wildman–Crippen MR) is 166 cm³/mol. The van der Waals surface area contributed by atoms with Crippen LogP contribution in [-0.4, -0.2) is 67.7 Å². The number of amides is 2. The van der Waals surface area contributed by atoms with Gasteiger partial charge in [-0.25, -0.2) is 12.8 Å². The summed E-state index contributed by atoms with van der Waals surface area (Å²) < 4.78 is 44.4. The van der Waals surface area contributed by atoms with Gasteiger partial charge in [-0.3, -0.25) is 9.59 Å². The zero-order valence-corrected chi connectivity index (χ0v) is 26.7. The minimum Gasteiger partial charge on any atom is -0.382 e. The second-order valence-corrected chi connectivity index (χ2v) is 15.1. The first-order valence-corrected chi connectivity index (χ1v) is 17.4. The fourth-order valence-electron chi connectivity index (χ4n) is 7.41. The molecule has 11 heteroatoms. The van der Waals surface area contributed by atoms with Crippen LogP contribution in [0.3, 0.4) is 0 Å². The van der Waals surface area contributed by atoms with Crippen molar-refractivity contribution in [2.75, 3.05) is 37.2 Å². The van der Waals surface area contributed by atoms with Crippen molar-refractivity contribution in [3.8, 4) is 5.69 Å². The van der Waals surface area contributed by atoms with Crippen molar-refractivity contribution in [2.45, 2.75) is 90.0 Å². The molecule has 0 spiro atoms. The third-order valence-electron chi connectivity index (χ3n) is 9.46. The van der Waals surface area contributed by atoms with Crippen LogP contribution in [0.1, 0.15) is 87.1 Å². The van der Waals surface area contributed by atoms with Gasteiger partial charge in [0.05, 0.1) is 27.6 Å². The van der Waals surface area contributed by atoms with Crippen molar-refractivity contribution in [3.63, 3.8) is 0 Å². The molecule has 1 aromatic heterocycles. The Kier molecular flexibility index (Phi) is 8.96. The summed E-state index contributed by atoms with van der Waals surface area (Å²) >= 11 is 0.